The van der Waals surface area contributed by atoms with Crippen molar-refractivity contribution in [1.29, 1.82) is 0 Å². The maximum absolute atomic E-state index is 4.25. The summed E-state index contributed by atoms with van der Waals surface area (Å²) in [6, 6.07) is 6.05. The van der Waals surface area contributed by atoms with Crippen molar-refractivity contribution in [2.75, 3.05) is 6.26 Å². The maximum atomic E-state index is 4.25. The molecule has 0 amide bonds. The van der Waals surface area contributed by atoms with Crippen LogP contribution in [-0.4, -0.2) is 6.26 Å². The van der Waals surface area contributed by atoms with Gasteiger partial charge in [-0.25, -0.2) is 0 Å². The zero-order valence-corrected chi connectivity index (χ0v) is 8.08. The molecular weight excluding hydrogens is 172 g/mol. The lowest BCUT2D eigenvalue weighted by Gasteiger charge is -2.02. The summed E-state index contributed by atoms with van der Waals surface area (Å²) < 4.78 is 0. The van der Waals surface area contributed by atoms with Gasteiger partial charge in [-0.3, -0.25) is 0 Å². The fourth-order valence-electron chi connectivity index (χ4n) is 0.868. The van der Waals surface area contributed by atoms with Crippen LogP contribution in [0.15, 0.2) is 34.6 Å². The Kier molecular flexibility index (Phi) is 3.09. The maximum Gasteiger partial charge on any atom is 0.0152 e. The Balaban J connectivity index is 3.16. The molecule has 1 aromatic rings. The first-order chi connectivity index (χ1) is 5.27. The summed E-state index contributed by atoms with van der Waals surface area (Å²) >= 11 is 5.96. The molecule has 11 heavy (non-hydrogen) atoms. The molecule has 1 aromatic carbocycles. The van der Waals surface area contributed by atoms with E-state index < -0.39 is 0 Å². The summed E-state index contributed by atoms with van der Waals surface area (Å²) in [5, 5.41) is 0. The molecule has 0 aliphatic carbocycles. The van der Waals surface area contributed by atoms with Crippen molar-refractivity contribution in [3.63, 3.8) is 0 Å². The molecule has 0 fully saturated rings. The SMILES string of the molecule is C=Cc1ccc(S)cc1SC. The fraction of sp³-hybridized carbons (Fsp3) is 0.111. The van der Waals surface area contributed by atoms with Gasteiger partial charge in [-0.2, -0.15) is 0 Å². The highest BCUT2D eigenvalue weighted by Crippen LogP contribution is 2.23. The van der Waals surface area contributed by atoms with Crippen LogP contribution in [0.3, 0.4) is 0 Å². The second-order valence-electron chi connectivity index (χ2n) is 2.13. The molecule has 0 aliphatic heterocycles. The van der Waals surface area contributed by atoms with Gasteiger partial charge < -0.3 is 0 Å². The molecule has 0 aromatic heterocycles. The van der Waals surface area contributed by atoms with Crippen LogP contribution in [0.25, 0.3) is 6.08 Å². The Bertz CT molecular complexity index is 266. The quantitative estimate of drug-likeness (QED) is 0.540. The van der Waals surface area contributed by atoms with Crippen LogP contribution in [0.2, 0.25) is 0 Å². The van der Waals surface area contributed by atoms with E-state index in [1.807, 2.05) is 24.3 Å². The molecule has 0 radical (unpaired) electrons. The lowest BCUT2D eigenvalue weighted by Crippen LogP contribution is -1.77. The van der Waals surface area contributed by atoms with Gasteiger partial charge in [0.15, 0.2) is 0 Å². The highest BCUT2D eigenvalue weighted by atomic mass is 32.2. The Morgan fingerprint density at radius 2 is 2.27 bits per heavy atom. The molecular formula is C9H10S2. The number of thiol groups is 1. The highest BCUT2D eigenvalue weighted by molar-refractivity contribution is 7.98. The second-order valence-corrected chi connectivity index (χ2v) is 3.49. The number of hydrogen-bond acceptors (Lipinski definition) is 2. The molecule has 0 unspecified atom stereocenters. The molecule has 0 aliphatic rings. The summed E-state index contributed by atoms with van der Waals surface area (Å²) in [6.07, 6.45) is 3.91. The second kappa shape index (κ2) is 3.88. The minimum Gasteiger partial charge on any atom is -0.143 e. The molecule has 2 heteroatoms. The van der Waals surface area contributed by atoms with E-state index in [9.17, 15) is 0 Å². The number of rotatable bonds is 2. The molecule has 0 saturated heterocycles. The van der Waals surface area contributed by atoms with Gasteiger partial charge in [0.2, 0.25) is 0 Å². The van der Waals surface area contributed by atoms with Crippen molar-refractivity contribution in [2.45, 2.75) is 9.79 Å². The van der Waals surface area contributed by atoms with Crippen molar-refractivity contribution < 1.29 is 0 Å². The minimum atomic E-state index is 1.000. The summed E-state index contributed by atoms with van der Waals surface area (Å²) in [6.45, 7) is 3.73. The van der Waals surface area contributed by atoms with Crippen LogP contribution >= 0.6 is 24.4 Å². The van der Waals surface area contributed by atoms with Crippen molar-refractivity contribution >= 4 is 30.5 Å². The zero-order chi connectivity index (χ0) is 8.27. The Labute approximate surface area is 77.1 Å². The lowest BCUT2D eigenvalue weighted by atomic mass is 10.2. The number of benzene rings is 1. The van der Waals surface area contributed by atoms with Crippen LogP contribution < -0.4 is 0 Å². The number of hydrogen-bond donors (Lipinski definition) is 1. The van der Waals surface area contributed by atoms with E-state index in [1.54, 1.807) is 11.8 Å². The minimum absolute atomic E-state index is 1.000. The standard InChI is InChI=1S/C9H10S2/c1-3-7-4-5-8(10)6-9(7)11-2/h3-6,10H,1H2,2H3. The monoisotopic (exact) mass is 182 g/mol. The van der Waals surface area contributed by atoms with Gasteiger partial charge in [0.1, 0.15) is 0 Å². The summed E-state index contributed by atoms with van der Waals surface area (Å²) in [5.41, 5.74) is 1.18. The molecule has 0 N–H and O–H groups in total. The Hall–Kier alpha value is -0.340. The normalized spacial score (nSPS) is 9.64. The van der Waals surface area contributed by atoms with Gasteiger partial charge in [-0.05, 0) is 24.0 Å². The van der Waals surface area contributed by atoms with Gasteiger partial charge in [0, 0.05) is 9.79 Å². The van der Waals surface area contributed by atoms with Crippen LogP contribution in [0.5, 0.6) is 0 Å². The van der Waals surface area contributed by atoms with Crippen LogP contribution in [-0.2, 0) is 0 Å². The van der Waals surface area contributed by atoms with E-state index in [2.05, 4.69) is 25.5 Å². The van der Waals surface area contributed by atoms with Crippen LogP contribution in [0, 0.1) is 0 Å². The van der Waals surface area contributed by atoms with Gasteiger partial charge >= 0.3 is 0 Å². The summed E-state index contributed by atoms with van der Waals surface area (Å²) in [5.74, 6) is 0. The first-order valence-electron chi connectivity index (χ1n) is 3.27. The Morgan fingerprint density at radius 1 is 1.55 bits per heavy atom. The third-order valence-electron chi connectivity index (χ3n) is 1.44. The fourth-order valence-corrected chi connectivity index (χ4v) is 1.79. The Morgan fingerprint density at radius 3 is 2.82 bits per heavy atom. The van der Waals surface area contributed by atoms with E-state index in [4.69, 9.17) is 0 Å². The molecule has 0 bridgehead atoms. The van der Waals surface area contributed by atoms with Crippen LogP contribution in [0.4, 0.5) is 0 Å². The largest absolute Gasteiger partial charge is 0.143 e. The molecule has 0 nitrogen and oxygen atoms in total. The predicted octanol–water partition coefficient (Wildman–Crippen LogP) is 3.34. The average molecular weight is 182 g/mol. The third-order valence-corrected chi connectivity index (χ3v) is 2.51. The predicted molar refractivity (Wildman–Crippen MR) is 55.6 cm³/mol. The summed E-state index contributed by atoms with van der Waals surface area (Å²) in [7, 11) is 0. The van der Waals surface area contributed by atoms with E-state index in [-0.39, 0.29) is 0 Å². The van der Waals surface area contributed by atoms with Crippen molar-refractivity contribution in [3.8, 4) is 0 Å². The third kappa shape index (κ3) is 2.04. The first kappa shape index (κ1) is 8.75. The number of thioether (sulfide) groups is 1. The topological polar surface area (TPSA) is 0 Å². The molecule has 1 rings (SSSR count). The molecule has 0 atom stereocenters. The van der Waals surface area contributed by atoms with Crippen molar-refractivity contribution in [2.24, 2.45) is 0 Å². The summed E-state index contributed by atoms with van der Waals surface area (Å²) in [4.78, 5) is 2.23. The van der Waals surface area contributed by atoms with E-state index in [0.29, 0.717) is 0 Å². The van der Waals surface area contributed by atoms with Crippen LogP contribution in [0.1, 0.15) is 5.56 Å². The zero-order valence-electron chi connectivity index (χ0n) is 6.37. The van der Waals surface area contributed by atoms with E-state index in [0.717, 1.165) is 4.90 Å². The smallest absolute Gasteiger partial charge is 0.0152 e. The molecule has 0 saturated carbocycles. The van der Waals surface area contributed by atoms with Gasteiger partial charge in [0.25, 0.3) is 0 Å². The van der Waals surface area contributed by atoms with E-state index >= 15 is 0 Å². The van der Waals surface area contributed by atoms with Crippen molar-refractivity contribution in [3.05, 3.63) is 30.3 Å². The highest BCUT2D eigenvalue weighted by Gasteiger charge is 1.96. The molecule has 58 valence electrons. The van der Waals surface area contributed by atoms with Gasteiger partial charge in [-0.15, -0.1) is 24.4 Å². The van der Waals surface area contributed by atoms with Gasteiger partial charge in [-0.1, -0.05) is 18.7 Å². The van der Waals surface area contributed by atoms with E-state index in [1.165, 1.54) is 10.5 Å². The van der Waals surface area contributed by atoms with Crippen molar-refractivity contribution in [1.82, 2.24) is 0 Å². The first-order valence-corrected chi connectivity index (χ1v) is 4.94. The molecule has 0 spiro atoms. The molecule has 0 heterocycles. The lowest BCUT2D eigenvalue weighted by molar-refractivity contribution is 1.32. The van der Waals surface area contributed by atoms with Gasteiger partial charge in [0.05, 0.1) is 0 Å². The average Bonchev–Trinajstić information content (AvgIpc) is 2.04.